The molecule has 0 spiro atoms. The van der Waals surface area contributed by atoms with Crippen LogP contribution in [0.15, 0.2) is 48.5 Å². The van der Waals surface area contributed by atoms with E-state index in [1.165, 1.54) is 31.2 Å². The Hall–Kier alpha value is -2.67. The molecule has 0 aliphatic rings. The first-order valence-corrected chi connectivity index (χ1v) is 8.02. The lowest BCUT2D eigenvalue weighted by atomic mass is 10.2. The Balaban J connectivity index is 1.96. The molecule has 5 nitrogen and oxygen atoms in total. The average Bonchev–Trinajstić information content (AvgIpc) is 2.60. The highest BCUT2D eigenvalue weighted by atomic mass is 35.5. The maximum absolute atomic E-state index is 12.4. The minimum atomic E-state index is -3.08. The van der Waals surface area contributed by atoms with Crippen LogP contribution in [0.3, 0.4) is 0 Å². The van der Waals surface area contributed by atoms with E-state index in [1.807, 2.05) is 0 Å². The SMILES string of the molecule is CC(OC(=O)c1ccccc1OC(F)F)C(=O)NCc1ccccc1Cl. The fourth-order valence-electron chi connectivity index (χ4n) is 2.08. The molecule has 138 valence electrons. The van der Waals surface area contributed by atoms with Gasteiger partial charge in [0.15, 0.2) is 6.10 Å². The number of alkyl halides is 2. The van der Waals surface area contributed by atoms with Crippen molar-refractivity contribution in [3.05, 3.63) is 64.7 Å². The summed E-state index contributed by atoms with van der Waals surface area (Å²) in [4.78, 5) is 24.2. The van der Waals surface area contributed by atoms with E-state index in [0.29, 0.717) is 10.6 Å². The van der Waals surface area contributed by atoms with Crippen LogP contribution in [0.5, 0.6) is 5.75 Å². The second-order valence-corrected chi connectivity index (χ2v) is 5.64. The van der Waals surface area contributed by atoms with E-state index in [1.54, 1.807) is 24.3 Å². The third-order valence-electron chi connectivity index (χ3n) is 3.39. The molecule has 0 aliphatic heterocycles. The summed E-state index contributed by atoms with van der Waals surface area (Å²) < 4.78 is 34.1. The molecule has 0 saturated carbocycles. The summed E-state index contributed by atoms with van der Waals surface area (Å²) in [6.07, 6.45) is -1.13. The highest BCUT2D eigenvalue weighted by Gasteiger charge is 2.22. The number of benzene rings is 2. The summed E-state index contributed by atoms with van der Waals surface area (Å²) in [5, 5.41) is 3.09. The molecule has 0 heterocycles. The Bertz CT molecular complexity index is 785. The van der Waals surface area contributed by atoms with Crippen LogP contribution in [-0.2, 0) is 16.1 Å². The van der Waals surface area contributed by atoms with Crippen LogP contribution in [0.2, 0.25) is 5.02 Å². The van der Waals surface area contributed by atoms with Gasteiger partial charge >= 0.3 is 12.6 Å². The highest BCUT2D eigenvalue weighted by molar-refractivity contribution is 6.31. The molecule has 0 saturated heterocycles. The van der Waals surface area contributed by atoms with Gasteiger partial charge in [-0.15, -0.1) is 0 Å². The normalized spacial score (nSPS) is 11.7. The van der Waals surface area contributed by atoms with E-state index in [0.717, 1.165) is 0 Å². The lowest BCUT2D eigenvalue weighted by Gasteiger charge is -2.15. The number of hydrogen-bond donors (Lipinski definition) is 1. The maximum Gasteiger partial charge on any atom is 0.387 e. The Morgan fingerprint density at radius 1 is 1.12 bits per heavy atom. The largest absolute Gasteiger partial charge is 0.449 e. The zero-order chi connectivity index (χ0) is 19.1. The Kier molecular flexibility index (Phi) is 6.91. The molecule has 1 unspecified atom stereocenters. The number of carbonyl (C=O) groups excluding carboxylic acids is 2. The highest BCUT2D eigenvalue weighted by Crippen LogP contribution is 2.21. The van der Waals surface area contributed by atoms with Crippen LogP contribution < -0.4 is 10.1 Å². The summed E-state index contributed by atoms with van der Waals surface area (Å²) in [5.41, 5.74) is 0.510. The van der Waals surface area contributed by atoms with E-state index in [4.69, 9.17) is 16.3 Å². The zero-order valence-corrected chi connectivity index (χ0v) is 14.5. The summed E-state index contributed by atoms with van der Waals surface area (Å²) >= 11 is 6.00. The van der Waals surface area contributed by atoms with Crippen LogP contribution >= 0.6 is 11.6 Å². The molecule has 2 aromatic rings. The Morgan fingerprint density at radius 3 is 2.46 bits per heavy atom. The van der Waals surface area contributed by atoms with Gasteiger partial charge in [-0.3, -0.25) is 4.79 Å². The molecule has 1 N–H and O–H groups in total. The van der Waals surface area contributed by atoms with Crippen LogP contribution in [0.1, 0.15) is 22.8 Å². The molecule has 0 aromatic heterocycles. The third-order valence-corrected chi connectivity index (χ3v) is 3.76. The molecular formula is C18H16ClF2NO4. The molecule has 8 heteroatoms. The van der Waals surface area contributed by atoms with E-state index in [-0.39, 0.29) is 17.9 Å². The van der Waals surface area contributed by atoms with Crippen LogP contribution in [0, 0.1) is 0 Å². The molecule has 0 fully saturated rings. The number of para-hydroxylation sites is 1. The smallest absolute Gasteiger partial charge is 0.387 e. The maximum atomic E-state index is 12.4. The van der Waals surface area contributed by atoms with Gasteiger partial charge < -0.3 is 14.8 Å². The van der Waals surface area contributed by atoms with Crippen molar-refractivity contribution in [3.63, 3.8) is 0 Å². The number of rotatable bonds is 7. The Labute approximate surface area is 153 Å². The summed E-state index contributed by atoms with van der Waals surface area (Å²) in [6, 6.07) is 12.4. The first-order chi connectivity index (χ1) is 12.4. The molecule has 0 radical (unpaired) electrons. The molecule has 1 atom stereocenters. The van der Waals surface area contributed by atoms with E-state index >= 15 is 0 Å². The van der Waals surface area contributed by atoms with Gasteiger partial charge in [0, 0.05) is 11.6 Å². The molecule has 1 amide bonds. The van der Waals surface area contributed by atoms with Crippen LogP contribution in [0.25, 0.3) is 0 Å². The van der Waals surface area contributed by atoms with Crippen LogP contribution in [0.4, 0.5) is 8.78 Å². The van der Waals surface area contributed by atoms with Crippen molar-refractivity contribution >= 4 is 23.5 Å². The predicted octanol–water partition coefficient (Wildman–Crippen LogP) is 3.80. The molecule has 2 aromatic carbocycles. The number of hydrogen-bond acceptors (Lipinski definition) is 4. The third kappa shape index (κ3) is 5.42. The fraction of sp³-hybridized carbons (Fsp3) is 0.222. The second kappa shape index (κ2) is 9.15. The van der Waals surface area contributed by atoms with Gasteiger partial charge in [-0.25, -0.2) is 4.79 Å². The quantitative estimate of drug-likeness (QED) is 0.738. The van der Waals surface area contributed by atoms with Gasteiger partial charge in [0.05, 0.1) is 0 Å². The predicted molar refractivity (Wildman–Crippen MR) is 91.3 cm³/mol. The molecule has 2 rings (SSSR count). The minimum absolute atomic E-state index is 0.158. The lowest BCUT2D eigenvalue weighted by Crippen LogP contribution is -2.35. The number of halogens is 3. The number of esters is 1. The average molecular weight is 384 g/mol. The number of amides is 1. The fourth-order valence-corrected chi connectivity index (χ4v) is 2.28. The second-order valence-electron chi connectivity index (χ2n) is 5.23. The van der Waals surface area contributed by atoms with E-state index in [2.05, 4.69) is 10.1 Å². The van der Waals surface area contributed by atoms with Crippen molar-refractivity contribution in [1.29, 1.82) is 0 Å². The molecule has 0 bridgehead atoms. The zero-order valence-electron chi connectivity index (χ0n) is 13.7. The van der Waals surface area contributed by atoms with Crippen molar-refractivity contribution in [2.24, 2.45) is 0 Å². The molecule has 26 heavy (non-hydrogen) atoms. The standard InChI is InChI=1S/C18H16ClF2NO4/c1-11(16(23)22-10-12-6-2-4-8-14(12)19)25-17(24)13-7-3-5-9-15(13)26-18(20)21/h2-9,11,18H,10H2,1H3,(H,22,23). The van der Waals surface area contributed by atoms with Gasteiger partial charge in [0.25, 0.3) is 5.91 Å². The first-order valence-electron chi connectivity index (χ1n) is 7.64. The topological polar surface area (TPSA) is 64.6 Å². The minimum Gasteiger partial charge on any atom is -0.449 e. The van der Waals surface area contributed by atoms with Gasteiger partial charge in [0.2, 0.25) is 0 Å². The van der Waals surface area contributed by atoms with Crippen molar-refractivity contribution in [3.8, 4) is 5.75 Å². The first kappa shape index (κ1) is 19.7. The van der Waals surface area contributed by atoms with Gasteiger partial charge in [-0.05, 0) is 30.7 Å². The van der Waals surface area contributed by atoms with Crippen molar-refractivity contribution in [2.75, 3.05) is 0 Å². The van der Waals surface area contributed by atoms with Gasteiger partial charge in [0.1, 0.15) is 11.3 Å². The molecular weight excluding hydrogens is 368 g/mol. The van der Waals surface area contributed by atoms with Crippen LogP contribution in [-0.4, -0.2) is 24.6 Å². The number of ether oxygens (including phenoxy) is 2. The summed E-state index contributed by atoms with van der Waals surface area (Å²) in [5.74, 6) is -1.82. The van der Waals surface area contributed by atoms with E-state index < -0.39 is 24.6 Å². The molecule has 0 aliphatic carbocycles. The van der Waals surface area contributed by atoms with Crippen molar-refractivity contribution < 1.29 is 27.8 Å². The van der Waals surface area contributed by atoms with Gasteiger partial charge in [-0.1, -0.05) is 41.9 Å². The number of carbonyl (C=O) groups is 2. The lowest BCUT2D eigenvalue weighted by molar-refractivity contribution is -0.129. The number of nitrogens with one attached hydrogen (secondary N) is 1. The van der Waals surface area contributed by atoms with Gasteiger partial charge in [-0.2, -0.15) is 8.78 Å². The Morgan fingerprint density at radius 2 is 1.77 bits per heavy atom. The van der Waals surface area contributed by atoms with Crippen molar-refractivity contribution in [2.45, 2.75) is 26.2 Å². The summed E-state index contributed by atoms with van der Waals surface area (Å²) in [7, 11) is 0. The monoisotopic (exact) mass is 383 g/mol. The van der Waals surface area contributed by atoms with E-state index in [9.17, 15) is 18.4 Å². The van der Waals surface area contributed by atoms with Crippen molar-refractivity contribution in [1.82, 2.24) is 5.32 Å². The summed E-state index contributed by atoms with van der Waals surface area (Å²) in [6.45, 7) is -1.55.